The summed E-state index contributed by atoms with van der Waals surface area (Å²) in [5.41, 5.74) is 0. The summed E-state index contributed by atoms with van der Waals surface area (Å²) in [5, 5.41) is 7.84. The molecule has 21 heavy (non-hydrogen) atoms. The molecular weight excluding hydrogens is 278 g/mol. The van der Waals surface area contributed by atoms with Crippen molar-refractivity contribution in [2.24, 2.45) is 5.92 Å². The standard InChI is InChI=1S/C17H33N3S/c1-13-8-4-5-10-16(13)19-17(21)18-12-15(3)20-11-7-6-9-14(20)2/h13-16H,4-12H2,1-3H3,(H2,18,19,21). The number of thiocarbonyl (C=S) groups is 1. The first kappa shape index (κ1) is 17.0. The van der Waals surface area contributed by atoms with E-state index in [4.69, 9.17) is 12.2 Å². The van der Waals surface area contributed by atoms with Gasteiger partial charge >= 0.3 is 0 Å². The van der Waals surface area contributed by atoms with Crippen LogP contribution >= 0.6 is 12.2 Å². The van der Waals surface area contributed by atoms with Crippen LogP contribution in [0.1, 0.15) is 65.7 Å². The Balaban J connectivity index is 1.70. The fourth-order valence-electron chi connectivity index (χ4n) is 3.88. The van der Waals surface area contributed by atoms with E-state index in [1.807, 2.05) is 0 Å². The van der Waals surface area contributed by atoms with Gasteiger partial charge < -0.3 is 10.6 Å². The second kappa shape index (κ2) is 8.33. The van der Waals surface area contributed by atoms with Gasteiger partial charge in [0.25, 0.3) is 0 Å². The van der Waals surface area contributed by atoms with E-state index in [9.17, 15) is 0 Å². The molecule has 1 aliphatic heterocycles. The van der Waals surface area contributed by atoms with Gasteiger partial charge in [0, 0.05) is 24.7 Å². The molecule has 0 radical (unpaired) electrons. The molecule has 4 atom stereocenters. The van der Waals surface area contributed by atoms with Gasteiger partial charge in [-0.15, -0.1) is 0 Å². The Labute approximate surface area is 136 Å². The summed E-state index contributed by atoms with van der Waals surface area (Å²) in [6.45, 7) is 9.22. The summed E-state index contributed by atoms with van der Waals surface area (Å²) in [7, 11) is 0. The van der Waals surface area contributed by atoms with Gasteiger partial charge in [-0.2, -0.15) is 0 Å². The van der Waals surface area contributed by atoms with E-state index in [1.165, 1.54) is 51.5 Å². The van der Waals surface area contributed by atoms with Crippen LogP contribution in [0.5, 0.6) is 0 Å². The van der Waals surface area contributed by atoms with Crippen molar-refractivity contribution in [3.8, 4) is 0 Å². The number of piperidine rings is 1. The lowest BCUT2D eigenvalue weighted by Gasteiger charge is -2.38. The molecule has 1 saturated carbocycles. The van der Waals surface area contributed by atoms with Crippen molar-refractivity contribution in [2.45, 2.75) is 83.8 Å². The number of likely N-dealkylation sites (tertiary alicyclic amines) is 1. The molecule has 0 amide bonds. The third-order valence-corrected chi connectivity index (χ3v) is 5.67. The molecule has 2 aliphatic rings. The molecule has 0 spiro atoms. The molecule has 0 aromatic carbocycles. The lowest BCUT2D eigenvalue weighted by Crippen LogP contribution is -2.51. The first-order chi connectivity index (χ1) is 10.1. The molecule has 0 aromatic heterocycles. The average molecular weight is 312 g/mol. The van der Waals surface area contributed by atoms with Crippen LogP contribution in [-0.4, -0.2) is 41.2 Å². The highest BCUT2D eigenvalue weighted by molar-refractivity contribution is 7.80. The van der Waals surface area contributed by atoms with Crippen molar-refractivity contribution in [1.82, 2.24) is 15.5 Å². The Morgan fingerprint density at radius 2 is 1.86 bits per heavy atom. The van der Waals surface area contributed by atoms with Gasteiger partial charge in [-0.05, 0) is 64.2 Å². The maximum Gasteiger partial charge on any atom is 0.166 e. The highest BCUT2D eigenvalue weighted by Crippen LogP contribution is 2.23. The summed E-state index contributed by atoms with van der Waals surface area (Å²) in [5.74, 6) is 0.748. The summed E-state index contributed by atoms with van der Waals surface area (Å²) >= 11 is 5.50. The van der Waals surface area contributed by atoms with Crippen LogP contribution in [0.2, 0.25) is 0 Å². The quantitative estimate of drug-likeness (QED) is 0.779. The fourth-order valence-corrected chi connectivity index (χ4v) is 4.12. The molecule has 2 N–H and O–H groups in total. The van der Waals surface area contributed by atoms with E-state index >= 15 is 0 Å². The van der Waals surface area contributed by atoms with Gasteiger partial charge in [-0.25, -0.2) is 0 Å². The fraction of sp³-hybridized carbons (Fsp3) is 0.941. The highest BCUT2D eigenvalue weighted by Gasteiger charge is 2.24. The van der Waals surface area contributed by atoms with Crippen LogP contribution in [-0.2, 0) is 0 Å². The number of rotatable bonds is 4. The first-order valence-corrected chi connectivity index (χ1v) is 9.29. The maximum atomic E-state index is 5.50. The molecule has 0 bridgehead atoms. The maximum absolute atomic E-state index is 5.50. The van der Waals surface area contributed by atoms with Crippen molar-refractivity contribution in [2.75, 3.05) is 13.1 Å². The average Bonchev–Trinajstić information content (AvgIpc) is 2.48. The molecular formula is C17H33N3S. The van der Waals surface area contributed by atoms with Gasteiger partial charge in [-0.1, -0.05) is 26.2 Å². The van der Waals surface area contributed by atoms with Crippen LogP contribution in [0.3, 0.4) is 0 Å². The number of nitrogens with one attached hydrogen (secondary N) is 2. The minimum Gasteiger partial charge on any atom is -0.361 e. The van der Waals surface area contributed by atoms with Crippen molar-refractivity contribution >= 4 is 17.3 Å². The van der Waals surface area contributed by atoms with E-state index in [1.54, 1.807) is 0 Å². The third-order valence-electron chi connectivity index (χ3n) is 5.41. The van der Waals surface area contributed by atoms with Crippen LogP contribution in [0.15, 0.2) is 0 Å². The van der Waals surface area contributed by atoms with Crippen LogP contribution in [0.4, 0.5) is 0 Å². The normalized spacial score (nSPS) is 32.4. The van der Waals surface area contributed by atoms with Crippen molar-refractivity contribution in [1.29, 1.82) is 0 Å². The van der Waals surface area contributed by atoms with E-state index < -0.39 is 0 Å². The summed E-state index contributed by atoms with van der Waals surface area (Å²) in [6, 6.07) is 1.85. The van der Waals surface area contributed by atoms with Gasteiger partial charge in [-0.3, -0.25) is 4.90 Å². The topological polar surface area (TPSA) is 27.3 Å². The van der Waals surface area contributed by atoms with Gasteiger partial charge in [0.1, 0.15) is 0 Å². The predicted octanol–water partition coefficient (Wildman–Crippen LogP) is 3.29. The van der Waals surface area contributed by atoms with Crippen molar-refractivity contribution < 1.29 is 0 Å². The summed E-state index contributed by atoms with van der Waals surface area (Å²) in [4.78, 5) is 2.63. The lowest BCUT2D eigenvalue weighted by molar-refractivity contribution is 0.115. The number of hydrogen-bond donors (Lipinski definition) is 2. The van der Waals surface area contributed by atoms with Crippen molar-refractivity contribution in [3.05, 3.63) is 0 Å². The second-order valence-corrected chi connectivity index (χ2v) is 7.56. The molecule has 1 aliphatic carbocycles. The number of nitrogens with zero attached hydrogens (tertiary/aromatic N) is 1. The second-order valence-electron chi connectivity index (χ2n) is 7.15. The molecule has 2 rings (SSSR count). The van der Waals surface area contributed by atoms with Crippen LogP contribution in [0, 0.1) is 5.92 Å². The Hall–Kier alpha value is -0.350. The minimum atomic E-state index is 0.559. The molecule has 4 heteroatoms. The van der Waals surface area contributed by atoms with Crippen molar-refractivity contribution in [3.63, 3.8) is 0 Å². The van der Waals surface area contributed by atoms with E-state index in [0.717, 1.165) is 23.6 Å². The smallest absolute Gasteiger partial charge is 0.166 e. The van der Waals surface area contributed by atoms with E-state index in [2.05, 4.69) is 36.3 Å². The molecule has 0 aromatic rings. The largest absolute Gasteiger partial charge is 0.361 e. The SMILES string of the molecule is CC1CCCCC1NC(=S)NCC(C)N1CCCCC1C. The third kappa shape index (κ3) is 5.10. The van der Waals surface area contributed by atoms with E-state index in [0.29, 0.717) is 12.1 Å². The Kier molecular flexibility index (Phi) is 6.74. The zero-order valence-corrected chi connectivity index (χ0v) is 14.8. The lowest BCUT2D eigenvalue weighted by atomic mass is 9.86. The van der Waals surface area contributed by atoms with Gasteiger partial charge in [0.2, 0.25) is 0 Å². The molecule has 1 saturated heterocycles. The summed E-state index contributed by atoms with van der Waals surface area (Å²) < 4.78 is 0. The molecule has 4 unspecified atom stereocenters. The Morgan fingerprint density at radius 3 is 2.57 bits per heavy atom. The number of hydrogen-bond acceptors (Lipinski definition) is 2. The predicted molar refractivity (Wildman–Crippen MR) is 94.6 cm³/mol. The molecule has 1 heterocycles. The van der Waals surface area contributed by atoms with Gasteiger partial charge in [0.15, 0.2) is 5.11 Å². The van der Waals surface area contributed by atoms with Gasteiger partial charge in [0.05, 0.1) is 0 Å². The molecule has 3 nitrogen and oxygen atoms in total. The zero-order valence-electron chi connectivity index (χ0n) is 14.0. The first-order valence-electron chi connectivity index (χ1n) is 8.88. The van der Waals surface area contributed by atoms with Crippen LogP contribution < -0.4 is 10.6 Å². The molecule has 2 fully saturated rings. The Bertz CT molecular complexity index is 334. The molecule has 122 valence electrons. The monoisotopic (exact) mass is 311 g/mol. The zero-order chi connectivity index (χ0) is 15.2. The van der Waals surface area contributed by atoms with Crippen LogP contribution in [0.25, 0.3) is 0 Å². The highest BCUT2D eigenvalue weighted by atomic mass is 32.1. The summed E-state index contributed by atoms with van der Waals surface area (Å²) in [6.07, 6.45) is 9.39. The van der Waals surface area contributed by atoms with E-state index in [-0.39, 0.29) is 0 Å². The Morgan fingerprint density at radius 1 is 1.14 bits per heavy atom. The minimum absolute atomic E-state index is 0.559.